The average Bonchev–Trinajstić information content (AvgIpc) is 2.15. The van der Waals surface area contributed by atoms with Crippen LogP contribution in [0.15, 0.2) is 0 Å². The van der Waals surface area contributed by atoms with Gasteiger partial charge in [0.15, 0.2) is 5.79 Å². The molecule has 0 aromatic rings. The number of esters is 1. The van der Waals surface area contributed by atoms with E-state index in [2.05, 4.69) is 4.74 Å². The number of carbonyl (C=O) groups excluding carboxylic acids is 1. The van der Waals surface area contributed by atoms with Crippen molar-refractivity contribution in [1.29, 1.82) is 0 Å². The zero-order valence-electron chi connectivity index (χ0n) is 8.49. The molecule has 1 saturated carbocycles. The highest BCUT2D eigenvalue weighted by atomic mass is 16.7. The lowest BCUT2D eigenvalue weighted by Gasteiger charge is -2.50. The monoisotopic (exact) mass is 188 g/mol. The maximum absolute atomic E-state index is 11.3. The highest BCUT2D eigenvalue weighted by Crippen LogP contribution is 2.47. The molecular formula is C9H16O4. The van der Waals surface area contributed by atoms with Crippen molar-refractivity contribution < 1.29 is 19.0 Å². The molecule has 4 nitrogen and oxygen atoms in total. The fourth-order valence-corrected chi connectivity index (χ4v) is 2.04. The molecule has 0 aliphatic heterocycles. The summed E-state index contributed by atoms with van der Waals surface area (Å²) in [5.41, 5.74) is 0. The molecular weight excluding hydrogens is 172 g/mol. The van der Waals surface area contributed by atoms with Gasteiger partial charge in [0.05, 0.1) is 7.11 Å². The summed E-state index contributed by atoms with van der Waals surface area (Å²) in [4.78, 5) is 11.3. The van der Waals surface area contributed by atoms with Crippen LogP contribution in [0.4, 0.5) is 0 Å². The van der Waals surface area contributed by atoms with E-state index in [0.717, 1.165) is 6.42 Å². The minimum Gasteiger partial charge on any atom is -0.469 e. The number of hydrogen-bond donors (Lipinski definition) is 0. The van der Waals surface area contributed by atoms with Gasteiger partial charge < -0.3 is 14.2 Å². The molecule has 0 spiro atoms. The highest BCUT2D eigenvalue weighted by molar-refractivity contribution is 5.75. The topological polar surface area (TPSA) is 44.8 Å². The third-order valence-corrected chi connectivity index (χ3v) is 2.89. The van der Waals surface area contributed by atoms with Gasteiger partial charge in [0, 0.05) is 20.1 Å². The molecule has 1 aliphatic rings. The van der Waals surface area contributed by atoms with E-state index in [1.54, 1.807) is 14.2 Å². The zero-order chi connectivity index (χ0) is 10.1. The molecule has 1 rings (SSSR count). The van der Waals surface area contributed by atoms with Crippen LogP contribution < -0.4 is 0 Å². The third kappa shape index (κ3) is 1.34. The zero-order valence-corrected chi connectivity index (χ0v) is 8.49. The van der Waals surface area contributed by atoms with Gasteiger partial charge in [-0.3, -0.25) is 4.79 Å². The Balaban J connectivity index is 2.74. The second-order valence-electron chi connectivity index (χ2n) is 3.34. The molecule has 0 N–H and O–H groups in total. The van der Waals surface area contributed by atoms with Crippen LogP contribution >= 0.6 is 0 Å². The van der Waals surface area contributed by atoms with Crippen LogP contribution in [0.1, 0.15) is 13.3 Å². The summed E-state index contributed by atoms with van der Waals surface area (Å²) in [5.74, 6) is -1.09. The molecule has 0 saturated heterocycles. The maximum atomic E-state index is 11.3. The van der Waals surface area contributed by atoms with Crippen molar-refractivity contribution in [2.24, 2.45) is 11.8 Å². The minimum atomic E-state index is -0.771. The first-order valence-corrected chi connectivity index (χ1v) is 4.30. The summed E-state index contributed by atoms with van der Waals surface area (Å²) in [7, 11) is 4.48. The Labute approximate surface area is 78.2 Å². The van der Waals surface area contributed by atoms with E-state index in [9.17, 15) is 4.79 Å². The minimum absolute atomic E-state index is 0.228. The van der Waals surface area contributed by atoms with Crippen LogP contribution in [0.25, 0.3) is 0 Å². The van der Waals surface area contributed by atoms with Gasteiger partial charge in [-0.1, -0.05) is 6.92 Å². The van der Waals surface area contributed by atoms with E-state index in [1.807, 2.05) is 6.92 Å². The van der Waals surface area contributed by atoms with Gasteiger partial charge in [-0.25, -0.2) is 0 Å². The normalized spacial score (nSPS) is 30.8. The molecule has 0 amide bonds. The van der Waals surface area contributed by atoms with E-state index < -0.39 is 5.79 Å². The van der Waals surface area contributed by atoms with Crippen LogP contribution in [0, 0.1) is 11.8 Å². The Hall–Kier alpha value is -0.610. The maximum Gasteiger partial charge on any atom is 0.314 e. The molecule has 1 fully saturated rings. The van der Waals surface area contributed by atoms with E-state index >= 15 is 0 Å². The molecule has 0 aromatic heterocycles. The van der Waals surface area contributed by atoms with Gasteiger partial charge in [0.1, 0.15) is 5.92 Å². The molecule has 4 heteroatoms. The Kier molecular flexibility index (Phi) is 2.93. The molecule has 2 atom stereocenters. The molecule has 1 aliphatic carbocycles. The summed E-state index contributed by atoms with van der Waals surface area (Å²) < 4.78 is 15.2. The second kappa shape index (κ2) is 3.64. The number of carbonyl (C=O) groups is 1. The Morgan fingerprint density at radius 2 is 1.85 bits per heavy atom. The van der Waals surface area contributed by atoms with Gasteiger partial charge >= 0.3 is 5.97 Å². The van der Waals surface area contributed by atoms with E-state index in [1.165, 1.54) is 7.11 Å². The van der Waals surface area contributed by atoms with Crippen LogP contribution in [0.3, 0.4) is 0 Å². The predicted molar refractivity (Wildman–Crippen MR) is 46.0 cm³/mol. The quantitative estimate of drug-likeness (QED) is 0.485. The molecule has 0 bridgehead atoms. The Morgan fingerprint density at radius 1 is 1.31 bits per heavy atom. The molecule has 13 heavy (non-hydrogen) atoms. The fraction of sp³-hybridized carbons (Fsp3) is 0.889. The molecule has 0 aromatic carbocycles. The average molecular weight is 188 g/mol. The van der Waals surface area contributed by atoms with E-state index in [-0.39, 0.29) is 17.8 Å². The lowest BCUT2D eigenvalue weighted by Crippen LogP contribution is -2.60. The summed E-state index contributed by atoms with van der Waals surface area (Å²) in [6.45, 7) is 1.99. The standard InChI is InChI=1S/C9H16O4/c1-6-5-7(8(10)11-2)9(6,12-3)13-4/h6-7H,5H2,1-4H3/t6-,7+/m1/s1. The van der Waals surface area contributed by atoms with Crippen LogP contribution in [0.5, 0.6) is 0 Å². The SMILES string of the molecule is COC(=O)[C@@H]1C[C@@H](C)C1(OC)OC. The number of methoxy groups -OCH3 is 3. The number of hydrogen-bond acceptors (Lipinski definition) is 4. The van der Waals surface area contributed by atoms with Crippen molar-refractivity contribution in [1.82, 2.24) is 0 Å². The van der Waals surface area contributed by atoms with E-state index in [4.69, 9.17) is 9.47 Å². The van der Waals surface area contributed by atoms with Crippen LogP contribution in [-0.2, 0) is 19.0 Å². The first kappa shape index (κ1) is 10.5. The van der Waals surface area contributed by atoms with Crippen molar-refractivity contribution in [3.8, 4) is 0 Å². The second-order valence-corrected chi connectivity index (χ2v) is 3.34. The third-order valence-electron chi connectivity index (χ3n) is 2.89. The first-order valence-electron chi connectivity index (χ1n) is 4.30. The summed E-state index contributed by atoms with van der Waals surface area (Å²) in [6, 6.07) is 0. The number of ether oxygens (including phenoxy) is 3. The Bertz CT molecular complexity index is 198. The fourth-order valence-electron chi connectivity index (χ4n) is 2.04. The molecule has 76 valence electrons. The summed E-state index contributed by atoms with van der Waals surface area (Å²) in [5, 5.41) is 0. The van der Waals surface area contributed by atoms with Crippen molar-refractivity contribution in [3.63, 3.8) is 0 Å². The van der Waals surface area contributed by atoms with Crippen LogP contribution in [0.2, 0.25) is 0 Å². The first-order chi connectivity index (χ1) is 6.12. The molecule has 0 radical (unpaired) electrons. The Morgan fingerprint density at radius 3 is 2.15 bits per heavy atom. The van der Waals surface area contributed by atoms with Gasteiger partial charge in [-0.05, 0) is 6.42 Å². The van der Waals surface area contributed by atoms with Crippen molar-refractivity contribution in [3.05, 3.63) is 0 Å². The largest absolute Gasteiger partial charge is 0.469 e. The van der Waals surface area contributed by atoms with Gasteiger partial charge in [0.2, 0.25) is 0 Å². The number of rotatable bonds is 3. The molecule has 0 heterocycles. The van der Waals surface area contributed by atoms with Crippen molar-refractivity contribution in [2.45, 2.75) is 19.1 Å². The summed E-state index contributed by atoms with van der Waals surface area (Å²) in [6.07, 6.45) is 0.758. The highest BCUT2D eigenvalue weighted by Gasteiger charge is 2.58. The molecule has 0 unspecified atom stereocenters. The predicted octanol–water partition coefficient (Wildman–Crippen LogP) is 0.804. The smallest absolute Gasteiger partial charge is 0.314 e. The van der Waals surface area contributed by atoms with Gasteiger partial charge in [0.25, 0.3) is 0 Å². The van der Waals surface area contributed by atoms with Gasteiger partial charge in [-0.2, -0.15) is 0 Å². The lowest BCUT2D eigenvalue weighted by molar-refractivity contribution is -0.315. The van der Waals surface area contributed by atoms with Crippen LogP contribution in [-0.4, -0.2) is 33.1 Å². The summed E-state index contributed by atoms with van der Waals surface area (Å²) >= 11 is 0. The lowest BCUT2D eigenvalue weighted by atomic mass is 9.69. The van der Waals surface area contributed by atoms with Crippen molar-refractivity contribution in [2.75, 3.05) is 21.3 Å². The van der Waals surface area contributed by atoms with Crippen molar-refractivity contribution >= 4 is 5.97 Å². The van der Waals surface area contributed by atoms with Gasteiger partial charge in [-0.15, -0.1) is 0 Å². The van der Waals surface area contributed by atoms with E-state index in [0.29, 0.717) is 0 Å².